The van der Waals surface area contributed by atoms with Gasteiger partial charge in [-0.3, -0.25) is 0 Å². The first-order chi connectivity index (χ1) is 5.33. The van der Waals surface area contributed by atoms with E-state index in [0.29, 0.717) is 0 Å². The van der Waals surface area contributed by atoms with Crippen LogP contribution in [0.25, 0.3) is 6.08 Å². The molecule has 0 amide bonds. The van der Waals surface area contributed by atoms with Gasteiger partial charge in [0.25, 0.3) is 0 Å². The molecule has 0 radical (unpaired) electrons. The molecule has 0 aromatic carbocycles. The molecule has 1 aromatic heterocycles. The minimum atomic E-state index is 0.843. The van der Waals surface area contributed by atoms with E-state index in [4.69, 9.17) is 11.6 Å². The molecule has 0 N–H and O–H groups in total. The molecule has 0 fully saturated rings. The lowest BCUT2D eigenvalue weighted by Crippen LogP contribution is -1.64. The molecule has 0 nitrogen and oxygen atoms in total. The van der Waals surface area contributed by atoms with Crippen molar-refractivity contribution < 1.29 is 0 Å². The maximum Gasteiger partial charge on any atom is 0.0934 e. The Balaban J connectivity index is 2.50. The van der Waals surface area contributed by atoms with Crippen LogP contribution in [-0.2, 0) is 0 Å². The van der Waals surface area contributed by atoms with Gasteiger partial charge >= 0.3 is 0 Å². The van der Waals surface area contributed by atoms with Crippen LogP contribution in [0.5, 0.6) is 0 Å². The lowest BCUT2D eigenvalue weighted by Gasteiger charge is -1.82. The van der Waals surface area contributed by atoms with Crippen LogP contribution < -0.4 is 0 Å². The van der Waals surface area contributed by atoms with Gasteiger partial charge in [0.2, 0.25) is 0 Å². The van der Waals surface area contributed by atoms with E-state index in [9.17, 15) is 0 Å². The molecule has 3 heteroatoms. The minimum Gasteiger partial charge on any atom is -0.179 e. The molecule has 1 heterocycles. The van der Waals surface area contributed by atoms with E-state index in [1.807, 2.05) is 12.1 Å². The number of thiophene rings is 1. The van der Waals surface area contributed by atoms with Gasteiger partial charge in [0.05, 0.1) is 4.34 Å². The highest BCUT2D eigenvalue weighted by molar-refractivity contribution is 7.80. The molecule has 0 saturated carbocycles. The number of hydrogen-bond donors (Lipinski definition) is 1. The number of halogens is 1. The first-order valence-corrected chi connectivity index (χ1v) is 5.18. The molecule has 1 rings (SSSR count). The van der Waals surface area contributed by atoms with Crippen LogP contribution in [0.3, 0.4) is 0 Å². The van der Waals surface area contributed by atoms with Gasteiger partial charge in [0.1, 0.15) is 0 Å². The van der Waals surface area contributed by atoms with Crippen molar-refractivity contribution in [3.8, 4) is 0 Å². The average molecular weight is 205 g/mol. The predicted molar refractivity (Wildman–Crippen MR) is 56.8 cm³/mol. The van der Waals surface area contributed by atoms with Crippen molar-refractivity contribution in [3.05, 3.63) is 27.4 Å². The molecule has 11 heavy (non-hydrogen) atoms. The summed E-state index contributed by atoms with van der Waals surface area (Å²) in [6.07, 6.45) is 5.19. The molecular weight excluding hydrogens is 196 g/mol. The summed E-state index contributed by atoms with van der Waals surface area (Å²) in [5.41, 5.74) is 0. The van der Waals surface area contributed by atoms with Gasteiger partial charge in [-0.2, -0.15) is 12.6 Å². The molecule has 0 aliphatic heterocycles. The van der Waals surface area contributed by atoms with Crippen LogP contribution in [-0.4, -0.2) is 5.75 Å². The van der Waals surface area contributed by atoms with Crippen molar-refractivity contribution in [2.24, 2.45) is 0 Å². The monoisotopic (exact) mass is 204 g/mol. The van der Waals surface area contributed by atoms with Crippen molar-refractivity contribution in [1.82, 2.24) is 0 Å². The fourth-order valence-corrected chi connectivity index (χ4v) is 1.83. The zero-order valence-corrected chi connectivity index (χ0v) is 8.42. The molecule has 0 saturated heterocycles. The largest absolute Gasteiger partial charge is 0.179 e. The number of thiol groups is 1. The Morgan fingerprint density at radius 1 is 1.55 bits per heavy atom. The van der Waals surface area contributed by atoms with Crippen molar-refractivity contribution in [2.45, 2.75) is 6.42 Å². The molecule has 0 aliphatic carbocycles. The SMILES string of the molecule is SCCC=Cc1ccc(Cl)s1. The Hall–Kier alpha value is 0.0800. The van der Waals surface area contributed by atoms with Crippen LogP contribution in [0.1, 0.15) is 11.3 Å². The maximum absolute atomic E-state index is 5.74. The molecule has 1 aromatic rings. The third kappa shape index (κ3) is 3.32. The van der Waals surface area contributed by atoms with Gasteiger partial charge < -0.3 is 0 Å². The summed E-state index contributed by atoms with van der Waals surface area (Å²) in [6.45, 7) is 0. The zero-order valence-electron chi connectivity index (χ0n) is 5.96. The highest BCUT2D eigenvalue weighted by Crippen LogP contribution is 2.22. The van der Waals surface area contributed by atoms with Crippen LogP contribution in [0.4, 0.5) is 0 Å². The van der Waals surface area contributed by atoms with Crippen molar-refractivity contribution >= 4 is 41.6 Å². The first-order valence-electron chi connectivity index (χ1n) is 3.35. The zero-order chi connectivity index (χ0) is 8.10. The normalized spacial score (nSPS) is 11.1. The van der Waals surface area contributed by atoms with Gasteiger partial charge in [-0.15, -0.1) is 11.3 Å². The quantitative estimate of drug-likeness (QED) is 0.713. The smallest absolute Gasteiger partial charge is 0.0934 e. The fraction of sp³-hybridized carbons (Fsp3) is 0.250. The highest BCUT2D eigenvalue weighted by Gasteiger charge is 1.91. The summed E-state index contributed by atoms with van der Waals surface area (Å²) in [6, 6.07) is 3.93. The number of allylic oxidation sites excluding steroid dienone is 1. The fourth-order valence-electron chi connectivity index (χ4n) is 0.692. The molecule has 0 bridgehead atoms. The Morgan fingerprint density at radius 2 is 2.36 bits per heavy atom. The number of hydrogen-bond acceptors (Lipinski definition) is 2. The van der Waals surface area contributed by atoms with Crippen LogP contribution in [0, 0.1) is 0 Å². The Kier molecular flexibility index (Phi) is 4.05. The maximum atomic E-state index is 5.74. The lowest BCUT2D eigenvalue weighted by atomic mass is 10.4. The summed E-state index contributed by atoms with van der Waals surface area (Å²) >= 11 is 11.4. The second kappa shape index (κ2) is 4.86. The standard InChI is InChI=1S/C8H9ClS2/c9-8-5-4-7(11-8)3-1-2-6-10/h1,3-5,10H,2,6H2. The first kappa shape index (κ1) is 9.17. The third-order valence-electron chi connectivity index (χ3n) is 1.17. The third-order valence-corrected chi connectivity index (χ3v) is 2.63. The molecule has 60 valence electrons. The van der Waals surface area contributed by atoms with Crippen LogP contribution >= 0.6 is 35.6 Å². The molecular formula is C8H9ClS2. The van der Waals surface area contributed by atoms with Crippen molar-refractivity contribution in [1.29, 1.82) is 0 Å². The second-order valence-electron chi connectivity index (χ2n) is 2.06. The average Bonchev–Trinajstić information content (AvgIpc) is 2.37. The van der Waals surface area contributed by atoms with E-state index < -0.39 is 0 Å². The molecule has 0 spiro atoms. The Labute approximate surface area is 81.3 Å². The van der Waals surface area contributed by atoms with Gasteiger partial charge in [-0.25, -0.2) is 0 Å². The van der Waals surface area contributed by atoms with Crippen molar-refractivity contribution in [2.75, 3.05) is 5.75 Å². The Morgan fingerprint density at radius 3 is 2.91 bits per heavy atom. The van der Waals surface area contributed by atoms with Crippen molar-refractivity contribution in [3.63, 3.8) is 0 Å². The second-order valence-corrected chi connectivity index (χ2v) is 4.25. The molecule has 0 aliphatic rings. The Bertz CT molecular complexity index is 240. The summed E-state index contributed by atoms with van der Waals surface area (Å²) in [7, 11) is 0. The van der Waals surface area contributed by atoms with E-state index in [1.165, 1.54) is 4.88 Å². The summed E-state index contributed by atoms with van der Waals surface area (Å²) in [5, 5.41) is 0. The topological polar surface area (TPSA) is 0 Å². The van der Waals surface area contributed by atoms with E-state index >= 15 is 0 Å². The summed E-state index contributed by atoms with van der Waals surface area (Å²) in [4.78, 5) is 1.21. The minimum absolute atomic E-state index is 0.843. The highest BCUT2D eigenvalue weighted by atomic mass is 35.5. The summed E-state index contributed by atoms with van der Waals surface area (Å²) < 4.78 is 0.843. The van der Waals surface area contributed by atoms with E-state index in [-0.39, 0.29) is 0 Å². The summed E-state index contributed by atoms with van der Waals surface area (Å²) in [5.74, 6) is 0.898. The molecule has 0 unspecified atom stereocenters. The van der Waals surface area contributed by atoms with E-state index in [1.54, 1.807) is 11.3 Å². The van der Waals surface area contributed by atoms with Crippen LogP contribution in [0.15, 0.2) is 18.2 Å². The van der Waals surface area contributed by atoms with Gasteiger partial charge in [0, 0.05) is 4.88 Å². The van der Waals surface area contributed by atoms with Gasteiger partial charge in [-0.1, -0.05) is 17.7 Å². The lowest BCUT2D eigenvalue weighted by molar-refractivity contribution is 1.26. The van der Waals surface area contributed by atoms with Crippen LogP contribution in [0.2, 0.25) is 4.34 Å². The van der Waals surface area contributed by atoms with E-state index in [0.717, 1.165) is 16.5 Å². The van der Waals surface area contributed by atoms with E-state index in [2.05, 4.69) is 24.8 Å². The predicted octanol–water partition coefficient (Wildman–Crippen LogP) is 3.73. The van der Waals surface area contributed by atoms with Gasteiger partial charge in [0.15, 0.2) is 0 Å². The van der Waals surface area contributed by atoms with Gasteiger partial charge in [-0.05, 0) is 30.4 Å². The number of rotatable bonds is 3. The molecule has 0 atom stereocenters.